The zero-order valence-corrected chi connectivity index (χ0v) is 12.6. The Labute approximate surface area is 121 Å². The maximum atomic E-state index is 5.75. The normalized spacial score (nSPS) is 21.1. The molecule has 0 radical (unpaired) electrons. The molecule has 0 bridgehead atoms. The summed E-state index contributed by atoms with van der Waals surface area (Å²) in [5.41, 5.74) is 9.61. The third kappa shape index (κ3) is 2.52. The molecule has 1 aromatic heterocycles. The molecule has 1 aromatic rings. The van der Waals surface area contributed by atoms with Gasteiger partial charge in [-0.25, -0.2) is 9.97 Å². The fourth-order valence-electron chi connectivity index (χ4n) is 3.26. The van der Waals surface area contributed by atoms with Crippen molar-refractivity contribution in [2.75, 3.05) is 37.6 Å². The summed E-state index contributed by atoms with van der Waals surface area (Å²) < 4.78 is 0. The van der Waals surface area contributed by atoms with Crippen molar-refractivity contribution in [3.63, 3.8) is 0 Å². The Balaban J connectivity index is 1.71. The van der Waals surface area contributed by atoms with Gasteiger partial charge >= 0.3 is 0 Å². The smallest absolute Gasteiger partial charge is 0.225 e. The largest absolute Gasteiger partial charge is 0.338 e. The number of nitrogens with two attached hydrogens (primary N) is 1. The van der Waals surface area contributed by atoms with Gasteiger partial charge in [0.2, 0.25) is 5.95 Å². The first-order chi connectivity index (χ1) is 9.69. The zero-order chi connectivity index (χ0) is 14.1. The fourth-order valence-corrected chi connectivity index (χ4v) is 3.26. The molecule has 1 atom stereocenters. The average Bonchev–Trinajstić information content (AvgIpc) is 2.95. The van der Waals surface area contributed by atoms with Crippen LogP contribution in [-0.2, 0) is 12.8 Å². The van der Waals surface area contributed by atoms with E-state index in [1.165, 1.54) is 23.4 Å². The Hall–Kier alpha value is -1.20. The minimum absolute atomic E-state index is 0.472. The molecule has 5 nitrogen and oxygen atoms in total. The second kappa shape index (κ2) is 5.66. The number of fused-ring (bicyclic) bond motifs is 1. The summed E-state index contributed by atoms with van der Waals surface area (Å²) in [6.45, 7) is 9.17. The van der Waals surface area contributed by atoms with Crippen LogP contribution in [0.25, 0.3) is 0 Å². The number of hydrogen-bond donors (Lipinski definition) is 1. The van der Waals surface area contributed by atoms with Crippen molar-refractivity contribution in [3.8, 4) is 0 Å². The van der Waals surface area contributed by atoms with E-state index in [-0.39, 0.29) is 0 Å². The fraction of sp³-hybridized carbons (Fsp3) is 0.733. The first-order valence-corrected chi connectivity index (χ1v) is 7.74. The van der Waals surface area contributed by atoms with E-state index >= 15 is 0 Å². The van der Waals surface area contributed by atoms with Crippen LogP contribution in [0.5, 0.6) is 0 Å². The predicted octanol–water partition coefficient (Wildman–Crippen LogP) is 0.743. The highest BCUT2D eigenvalue weighted by atomic mass is 15.3. The Morgan fingerprint density at radius 2 is 1.90 bits per heavy atom. The summed E-state index contributed by atoms with van der Waals surface area (Å²) in [5.74, 6) is 0.934. The molecule has 0 aromatic carbocycles. The molecule has 1 fully saturated rings. The predicted molar refractivity (Wildman–Crippen MR) is 81.1 cm³/mol. The second-order valence-electron chi connectivity index (χ2n) is 6.00. The van der Waals surface area contributed by atoms with E-state index in [0.717, 1.165) is 51.5 Å². The molecule has 1 saturated heterocycles. The molecule has 5 heteroatoms. The average molecular weight is 275 g/mol. The van der Waals surface area contributed by atoms with Crippen molar-refractivity contribution in [1.82, 2.24) is 14.9 Å². The van der Waals surface area contributed by atoms with Gasteiger partial charge in [-0.3, -0.25) is 4.90 Å². The van der Waals surface area contributed by atoms with Crippen molar-refractivity contribution < 1.29 is 0 Å². The molecule has 2 aliphatic rings. The van der Waals surface area contributed by atoms with Crippen LogP contribution >= 0.6 is 0 Å². The van der Waals surface area contributed by atoms with Crippen molar-refractivity contribution in [2.45, 2.75) is 39.2 Å². The number of nitrogens with zero attached hydrogens (tertiary/aromatic N) is 4. The van der Waals surface area contributed by atoms with Crippen molar-refractivity contribution in [3.05, 3.63) is 17.0 Å². The van der Waals surface area contributed by atoms with Crippen LogP contribution < -0.4 is 10.6 Å². The van der Waals surface area contributed by atoms with Gasteiger partial charge in [-0.1, -0.05) is 0 Å². The van der Waals surface area contributed by atoms with Crippen LogP contribution in [0.1, 0.15) is 30.3 Å². The summed E-state index contributed by atoms with van der Waals surface area (Å²) >= 11 is 0. The standard InChI is InChI=1S/C15H25N5/c1-11(10-16)19-6-8-20(9-7-19)15-17-12(2)13-4-3-5-14(13)18-15/h11H,3-10,16H2,1-2H3. The van der Waals surface area contributed by atoms with E-state index in [2.05, 4.69) is 23.6 Å². The van der Waals surface area contributed by atoms with Crippen LogP contribution in [-0.4, -0.2) is 53.6 Å². The summed E-state index contributed by atoms with van der Waals surface area (Å²) in [4.78, 5) is 14.3. The van der Waals surface area contributed by atoms with Crippen molar-refractivity contribution in [1.29, 1.82) is 0 Å². The van der Waals surface area contributed by atoms with E-state index in [1.807, 2.05) is 0 Å². The Kier molecular flexibility index (Phi) is 3.89. The molecular weight excluding hydrogens is 250 g/mol. The lowest BCUT2D eigenvalue weighted by molar-refractivity contribution is 0.200. The number of aryl methyl sites for hydroxylation is 2. The summed E-state index contributed by atoms with van der Waals surface area (Å²) in [7, 11) is 0. The molecule has 0 spiro atoms. The van der Waals surface area contributed by atoms with Gasteiger partial charge in [0.25, 0.3) is 0 Å². The van der Waals surface area contributed by atoms with E-state index in [1.54, 1.807) is 0 Å². The zero-order valence-electron chi connectivity index (χ0n) is 12.6. The highest BCUT2D eigenvalue weighted by Crippen LogP contribution is 2.25. The molecule has 110 valence electrons. The van der Waals surface area contributed by atoms with Crippen LogP contribution in [0.2, 0.25) is 0 Å². The topological polar surface area (TPSA) is 58.3 Å². The van der Waals surface area contributed by atoms with Crippen molar-refractivity contribution in [2.24, 2.45) is 5.73 Å². The lowest BCUT2D eigenvalue weighted by Crippen LogP contribution is -2.51. The van der Waals surface area contributed by atoms with Crippen LogP contribution in [0.3, 0.4) is 0 Å². The van der Waals surface area contributed by atoms with E-state index in [0.29, 0.717) is 6.04 Å². The molecule has 0 saturated carbocycles. The summed E-state index contributed by atoms with van der Waals surface area (Å²) in [6.07, 6.45) is 3.51. The minimum Gasteiger partial charge on any atom is -0.338 e. The van der Waals surface area contributed by atoms with Crippen molar-refractivity contribution >= 4 is 5.95 Å². The Morgan fingerprint density at radius 1 is 1.15 bits per heavy atom. The number of aromatic nitrogens is 2. The monoisotopic (exact) mass is 275 g/mol. The van der Waals surface area contributed by atoms with E-state index in [4.69, 9.17) is 15.7 Å². The highest BCUT2D eigenvalue weighted by molar-refractivity contribution is 5.39. The molecule has 20 heavy (non-hydrogen) atoms. The number of piperazine rings is 1. The van der Waals surface area contributed by atoms with Gasteiger partial charge in [-0.2, -0.15) is 0 Å². The second-order valence-corrected chi connectivity index (χ2v) is 6.00. The maximum Gasteiger partial charge on any atom is 0.225 e. The molecule has 1 aliphatic heterocycles. The molecule has 1 unspecified atom stereocenters. The molecular formula is C15H25N5. The van der Waals surface area contributed by atoms with Gasteiger partial charge in [0.05, 0.1) is 0 Å². The quantitative estimate of drug-likeness (QED) is 0.882. The minimum atomic E-state index is 0.472. The molecule has 1 aliphatic carbocycles. The van der Waals surface area contributed by atoms with Gasteiger partial charge in [0, 0.05) is 50.2 Å². The Bertz CT molecular complexity index is 479. The van der Waals surface area contributed by atoms with Gasteiger partial charge in [-0.15, -0.1) is 0 Å². The summed E-state index contributed by atoms with van der Waals surface area (Å²) in [5, 5.41) is 0. The molecule has 2 N–H and O–H groups in total. The molecule has 2 heterocycles. The maximum absolute atomic E-state index is 5.75. The number of anilines is 1. The summed E-state index contributed by atoms with van der Waals surface area (Å²) in [6, 6.07) is 0.472. The van der Waals surface area contributed by atoms with Crippen LogP contribution in [0, 0.1) is 6.92 Å². The molecule has 3 rings (SSSR count). The first-order valence-electron chi connectivity index (χ1n) is 7.74. The third-order valence-electron chi connectivity index (χ3n) is 4.69. The molecule has 0 amide bonds. The lowest BCUT2D eigenvalue weighted by Gasteiger charge is -2.37. The van der Waals surface area contributed by atoms with Gasteiger partial charge < -0.3 is 10.6 Å². The van der Waals surface area contributed by atoms with Gasteiger partial charge in [0.15, 0.2) is 0 Å². The third-order valence-corrected chi connectivity index (χ3v) is 4.69. The van der Waals surface area contributed by atoms with E-state index in [9.17, 15) is 0 Å². The van der Waals surface area contributed by atoms with Crippen LogP contribution in [0.4, 0.5) is 5.95 Å². The lowest BCUT2D eigenvalue weighted by atomic mass is 10.2. The van der Waals surface area contributed by atoms with Gasteiger partial charge in [-0.05, 0) is 38.7 Å². The number of hydrogen-bond acceptors (Lipinski definition) is 5. The van der Waals surface area contributed by atoms with Crippen LogP contribution in [0.15, 0.2) is 0 Å². The first kappa shape index (κ1) is 13.8. The van der Waals surface area contributed by atoms with E-state index < -0.39 is 0 Å². The number of rotatable bonds is 3. The van der Waals surface area contributed by atoms with Gasteiger partial charge in [0.1, 0.15) is 0 Å². The highest BCUT2D eigenvalue weighted by Gasteiger charge is 2.24. The SMILES string of the molecule is Cc1nc(N2CCN(C(C)CN)CC2)nc2c1CCC2. The Morgan fingerprint density at radius 3 is 2.60 bits per heavy atom.